The summed E-state index contributed by atoms with van der Waals surface area (Å²) >= 11 is 1.19. The van der Waals surface area contributed by atoms with Gasteiger partial charge >= 0.3 is 6.18 Å². The van der Waals surface area contributed by atoms with Crippen molar-refractivity contribution in [2.75, 3.05) is 36.4 Å². The Morgan fingerprint density at radius 2 is 1.63 bits per heavy atom. The SMILES string of the molecule is O=C(Nc1ccc(Oc2ccccc2)c(C(F)(F)F)c1N1CCN2CC[C@@H](N3C(=O)c4ccccc4C3=O)[C@@H]2C1)c1csc(-c2ccnnc2)n1. The predicted octanol–water partition coefficient (Wildman–Crippen LogP) is 6.22. The van der Waals surface area contributed by atoms with Gasteiger partial charge in [-0.05, 0) is 48.9 Å². The highest BCUT2D eigenvalue weighted by Crippen LogP contribution is 2.49. The number of alkyl halides is 3. The molecule has 2 saturated heterocycles. The fourth-order valence-corrected chi connectivity index (χ4v) is 7.88. The van der Waals surface area contributed by atoms with E-state index in [1.165, 1.54) is 46.1 Å². The summed E-state index contributed by atoms with van der Waals surface area (Å²) in [5.41, 5.74) is -0.138. The molecule has 51 heavy (non-hydrogen) atoms. The smallest absolute Gasteiger partial charge is 0.422 e. The van der Waals surface area contributed by atoms with Crippen molar-refractivity contribution < 1.29 is 32.3 Å². The van der Waals surface area contributed by atoms with Crippen LogP contribution in [-0.2, 0) is 6.18 Å². The fourth-order valence-electron chi connectivity index (χ4n) is 7.08. The molecule has 3 aliphatic heterocycles. The van der Waals surface area contributed by atoms with Crippen molar-refractivity contribution in [3.8, 4) is 22.1 Å². The average molecular weight is 712 g/mol. The molecule has 2 atom stereocenters. The van der Waals surface area contributed by atoms with E-state index in [-0.39, 0.29) is 35.9 Å². The van der Waals surface area contributed by atoms with Gasteiger partial charge in [-0.1, -0.05) is 30.3 Å². The van der Waals surface area contributed by atoms with Crippen molar-refractivity contribution in [3.63, 3.8) is 0 Å². The molecule has 0 radical (unpaired) electrons. The van der Waals surface area contributed by atoms with Gasteiger partial charge in [-0.3, -0.25) is 24.2 Å². The lowest BCUT2D eigenvalue weighted by Gasteiger charge is -2.43. The van der Waals surface area contributed by atoms with Gasteiger partial charge < -0.3 is 15.0 Å². The van der Waals surface area contributed by atoms with E-state index in [1.54, 1.807) is 65.6 Å². The number of carbonyl (C=O) groups excluding carboxylic acids is 3. The number of hydrogen-bond donors (Lipinski definition) is 1. The lowest BCUT2D eigenvalue weighted by Crippen LogP contribution is -2.57. The number of rotatable bonds is 7. The van der Waals surface area contributed by atoms with Crippen molar-refractivity contribution >= 4 is 40.4 Å². The first-order valence-corrected chi connectivity index (χ1v) is 17.0. The van der Waals surface area contributed by atoms with E-state index in [1.807, 2.05) is 0 Å². The number of fused-ring (bicyclic) bond motifs is 2. The third-order valence-corrected chi connectivity index (χ3v) is 10.3. The van der Waals surface area contributed by atoms with Crippen LogP contribution in [0.15, 0.2) is 90.6 Å². The number of aromatic nitrogens is 3. The number of para-hydroxylation sites is 1. The minimum Gasteiger partial charge on any atom is -0.457 e. The number of anilines is 2. The first-order valence-electron chi connectivity index (χ1n) is 16.1. The van der Waals surface area contributed by atoms with Crippen LogP contribution < -0.4 is 15.0 Å². The van der Waals surface area contributed by atoms with Crippen molar-refractivity contribution in [1.29, 1.82) is 0 Å². The summed E-state index contributed by atoms with van der Waals surface area (Å²) in [5, 5.41) is 12.3. The molecule has 11 nitrogen and oxygen atoms in total. The Labute approximate surface area is 293 Å². The highest BCUT2D eigenvalue weighted by Gasteiger charge is 2.50. The summed E-state index contributed by atoms with van der Waals surface area (Å²) in [6.45, 7) is 1.17. The molecule has 0 spiro atoms. The second-order valence-electron chi connectivity index (χ2n) is 12.3. The van der Waals surface area contributed by atoms with E-state index in [0.29, 0.717) is 41.2 Å². The zero-order valence-electron chi connectivity index (χ0n) is 26.7. The Hall–Kier alpha value is -5.67. The molecule has 15 heteroatoms. The van der Waals surface area contributed by atoms with Gasteiger partial charge in [0, 0.05) is 43.2 Å². The van der Waals surface area contributed by atoms with Crippen LogP contribution in [0.25, 0.3) is 10.6 Å². The van der Waals surface area contributed by atoms with Gasteiger partial charge in [-0.15, -0.1) is 11.3 Å². The Morgan fingerprint density at radius 1 is 0.882 bits per heavy atom. The first kappa shape index (κ1) is 32.5. The molecular formula is C36H28F3N7O4S. The Morgan fingerprint density at radius 3 is 2.33 bits per heavy atom. The molecule has 2 fully saturated rings. The number of benzene rings is 3. The van der Waals surface area contributed by atoms with Crippen LogP contribution in [0, 0.1) is 0 Å². The van der Waals surface area contributed by atoms with E-state index >= 15 is 13.2 Å². The largest absolute Gasteiger partial charge is 0.457 e. The van der Waals surface area contributed by atoms with Gasteiger partial charge in [0.15, 0.2) is 0 Å². The summed E-state index contributed by atoms with van der Waals surface area (Å²) in [5.74, 6) is -1.75. The second-order valence-corrected chi connectivity index (χ2v) is 13.2. The topological polar surface area (TPSA) is 121 Å². The number of piperazine rings is 1. The predicted molar refractivity (Wildman–Crippen MR) is 182 cm³/mol. The molecule has 3 amide bonds. The van der Waals surface area contributed by atoms with Crippen LogP contribution in [0.5, 0.6) is 11.5 Å². The summed E-state index contributed by atoms with van der Waals surface area (Å²) in [7, 11) is 0. The van der Waals surface area contributed by atoms with Crippen LogP contribution in [-0.4, -0.2) is 81.0 Å². The summed E-state index contributed by atoms with van der Waals surface area (Å²) in [4.78, 5) is 49.9. The number of thiazole rings is 1. The van der Waals surface area contributed by atoms with E-state index in [0.717, 1.165) is 0 Å². The van der Waals surface area contributed by atoms with Crippen molar-refractivity contribution in [1.82, 2.24) is 25.0 Å². The van der Waals surface area contributed by atoms with Gasteiger partial charge in [0.1, 0.15) is 27.8 Å². The molecular weight excluding hydrogens is 684 g/mol. The van der Waals surface area contributed by atoms with Crippen LogP contribution in [0.4, 0.5) is 24.5 Å². The molecule has 258 valence electrons. The van der Waals surface area contributed by atoms with Gasteiger partial charge in [0.05, 0.1) is 40.9 Å². The number of halogens is 3. The summed E-state index contributed by atoms with van der Waals surface area (Å²) in [6, 6.07) is 18.0. The molecule has 3 aliphatic rings. The van der Waals surface area contributed by atoms with Gasteiger partial charge in [0.2, 0.25) is 0 Å². The van der Waals surface area contributed by atoms with E-state index in [9.17, 15) is 14.4 Å². The van der Waals surface area contributed by atoms with Crippen LogP contribution in [0.2, 0.25) is 0 Å². The van der Waals surface area contributed by atoms with Crippen LogP contribution in [0.3, 0.4) is 0 Å². The van der Waals surface area contributed by atoms with E-state index < -0.39 is 47.3 Å². The molecule has 1 N–H and O–H groups in total. The van der Waals surface area contributed by atoms with Crippen molar-refractivity contribution in [3.05, 3.63) is 113 Å². The van der Waals surface area contributed by atoms with E-state index in [2.05, 4.69) is 25.4 Å². The normalized spacial score (nSPS) is 18.9. The third kappa shape index (κ3) is 5.97. The fraction of sp³-hybridized carbons (Fsp3) is 0.222. The molecule has 0 saturated carbocycles. The maximum atomic E-state index is 15.3. The molecule has 0 aliphatic carbocycles. The number of ether oxygens (including phenoxy) is 1. The first-order chi connectivity index (χ1) is 24.7. The lowest BCUT2D eigenvalue weighted by atomic mass is 10.0. The number of carbonyl (C=O) groups is 3. The van der Waals surface area contributed by atoms with Gasteiger partial charge in [0.25, 0.3) is 17.7 Å². The summed E-state index contributed by atoms with van der Waals surface area (Å²) in [6.07, 6.45) is -1.44. The maximum absolute atomic E-state index is 15.3. The van der Waals surface area contributed by atoms with Crippen LogP contribution in [0.1, 0.15) is 43.2 Å². The Kier molecular flexibility index (Phi) is 8.23. The molecule has 0 unspecified atom stereocenters. The molecule has 2 aromatic heterocycles. The number of nitrogens with zero attached hydrogens (tertiary/aromatic N) is 6. The van der Waals surface area contributed by atoms with Crippen molar-refractivity contribution in [2.24, 2.45) is 0 Å². The number of hydrogen-bond acceptors (Lipinski definition) is 10. The third-order valence-electron chi connectivity index (χ3n) is 9.37. The zero-order chi connectivity index (χ0) is 35.3. The van der Waals surface area contributed by atoms with Gasteiger partial charge in [-0.25, -0.2) is 4.98 Å². The standard InChI is InChI=1S/C36H28F3N7O4S/c37-36(38,39)30-29(50-22-6-2-1-3-7-22)11-10-25(42-32(47)26-20-51-33(43-26)21-12-14-40-41-18-21)31(30)45-17-16-44-15-13-27(28(44)19-45)46-34(48)23-8-4-5-9-24(23)35(46)49/h1-12,14,18,20,27-28H,13,15-17,19H2,(H,42,47)/t27-,28+/m1/s1. The number of amides is 3. The maximum Gasteiger partial charge on any atom is 0.422 e. The molecule has 5 aromatic rings. The minimum atomic E-state index is -4.91. The molecule has 8 rings (SSSR count). The molecule has 5 heterocycles. The Bertz CT molecular complexity index is 2110. The quantitative estimate of drug-likeness (QED) is 0.196. The highest BCUT2D eigenvalue weighted by molar-refractivity contribution is 7.13. The highest BCUT2D eigenvalue weighted by atomic mass is 32.1. The summed E-state index contributed by atoms with van der Waals surface area (Å²) < 4.78 is 51.7. The van der Waals surface area contributed by atoms with Crippen molar-refractivity contribution in [2.45, 2.75) is 24.7 Å². The lowest BCUT2D eigenvalue weighted by molar-refractivity contribution is -0.138. The average Bonchev–Trinajstić information content (AvgIpc) is 3.86. The molecule has 3 aromatic carbocycles. The zero-order valence-corrected chi connectivity index (χ0v) is 27.5. The Balaban J connectivity index is 1.17. The van der Waals surface area contributed by atoms with Crippen LogP contribution >= 0.6 is 11.3 Å². The van der Waals surface area contributed by atoms with Gasteiger partial charge in [-0.2, -0.15) is 23.4 Å². The minimum absolute atomic E-state index is 0.0160. The number of imide groups is 1. The molecule has 0 bridgehead atoms. The second kappa shape index (κ2) is 12.9. The number of nitrogens with one attached hydrogen (secondary N) is 1. The monoisotopic (exact) mass is 711 g/mol. The van der Waals surface area contributed by atoms with E-state index in [4.69, 9.17) is 4.74 Å².